The van der Waals surface area contributed by atoms with Crippen molar-refractivity contribution in [3.63, 3.8) is 0 Å². The van der Waals surface area contributed by atoms with Crippen molar-refractivity contribution in [3.05, 3.63) is 30.1 Å². The normalized spacial score (nSPS) is 22.7. The first kappa shape index (κ1) is 17.2. The van der Waals surface area contributed by atoms with E-state index in [1.807, 2.05) is 17.0 Å². The van der Waals surface area contributed by atoms with E-state index in [0.717, 1.165) is 58.5 Å². The number of anilines is 1. The highest BCUT2D eigenvalue weighted by Crippen LogP contribution is 2.23. The molecular weight excluding hydrogens is 305 g/mol. The van der Waals surface area contributed by atoms with Crippen LogP contribution >= 0.6 is 0 Å². The molecule has 5 heteroatoms. The Bertz CT molecular complexity index is 557. The largest absolute Gasteiger partial charge is 0.367 e. The van der Waals surface area contributed by atoms with E-state index in [-0.39, 0.29) is 5.82 Å². The molecule has 0 aliphatic carbocycles. The van der Waals surface area contributed by atoms with E-state index in [9.17, 15) is 9.18 Å². The Hall–Kier alpha value is -1.62. The van der Waals surface area contributed by atoms with Crippen molar-refractivity contribution in [2.45, 2.75) is 38.6 Å². The average molecular weight is 333 g/mol. The van der Waals surface area contributed by atoms with Gasteiger partial charge in [0.2, 0.25) is 5.91 Å². The summed E-state index contributed by atoms with van der Waals surface area (Å²) in [7, 11) is 0. The van der Waals surface area contributed by atoms with Crippen LogP contribution in [0.3, 0.4) is 0 Å². The number of amides is 1. The Labute approximate surface area is 144 Å². The number of piperidine rings is 1. The molecule has 2 fully saturated rings. The predicted octanol–water partition coefficient (Wildman–Crippen LogP) is 2.74. The van der Waals surface area contributed by atoms with Crippen molar-refractivity contribution in [1.29, 1.82) is 0 Å². The van der Waals surface area contributed by atoms with Crippen LogP contribution in [-0.4, -0.2) is 61.0 Å². The smallest absolute Gasteiger partial charge is 0.222 e. The second kappa shape index (κ2) is 7.97. The first-order chi connectivity index (χ1) is 11.7. The van der Waals surface area contributed by atoms with E-state index in [2.05, 4.69) is 16.7 Å². The van der Waals surface area contributed by atoms with Crippen LogP contribution < -0.4 is 4.90 Å². The third-order valence-electron chi connectivity index (χ3n) is 5.24. The average Bonchev–Trinajstić information content (AvgIpc) is 2.63. The Kier molecular flexibility index (Phi) is 5.72. The lowest BCUT2D eigenvalue weighted by atomic mass is 10.0. The van der Waals surface area contributed by atoms with E-state index in [1.165, 1.54) is 6.07 Å². The Morgan fingerprint density at radius 3 is 2.62 bits per heavy atom. The Balaban J connectivity index is 1.54. The number of benzene rings is 1. The molecule has 132 valence electrons. The second-order valence-electron chi connectivity index (χ2n) is 6.86. The number of hydrogen-bond acceptors (Lipinski definition) is 3. The summed E-state index contributed by atoms with van der Waals surface area (Å²) in [4.78, 5) is 18.8. The van der Waals surface area contributed by atoms with Crippen LogP contribution in [0, 0.1) is 5.82 Å². The summed E-state index contributed by atoms with van der Waals surface area (Å²) in [5, 5.41) is 0. The quantitative estimate of drug-likeness (QED) is 0.848. The zero-order chi connectivity index (χ0) is 16.9. The Morgan fingerprint density at radius 1 is 1.17 bits per heavy atom. The molecule has 2 aliphatic heterocycles. The van der Waals surface area contributed by atoms with Crippen LogP contribution in [0.5, 0.6) is 0 Å². The van der Waals surface area contributed by atoms with Gasteiger partial charge in [0.1, 0.15) is 5.82 Å². The number of carbonyl (C=O) groups excluding carboxylic acids is 1. The van der Waals surface area contributed by atoms with Gasteiger partial charge < -0.3 is 9.80 Å². The lowest BCUT2D eigenvalue weighted by Gasteiger charge is -2.44. The maximum absolute atomic E-state index is 13.9. The fourth-order valence-corrected chi connectivity index (χ4v) is 3.89. The summed E-state index contributed by atoms with van der Waals surface area (Å²) in [6.45, 7) is 7.40. The van der Waals surface area contributed by atoms with Crippen molar-refractivity contribution in [2.24, 2.45) is 0 Å². The van der Waals surface area contributed by atoms with E-state index < -0.39 is 0 Å². The van der Waals surface area contributed by atoms with Gasteiger partial charge in [-0.3, -0.25) is 9.69 Å². The van der Waals surface area contributed by atoms with E-state index in [4.69, 9.17) is 0 Å². The van der Waals surface area contributed by atoms with Gasteiger partial charge >= 0.3 is 0 Å². The molecule has 1 amide bonds. The van der Waals surface area contributed by atoms with Gasteiger partial charge in [0.25, 0.3) is 0 Å². The molecule has 0 saturated carbocycles. The minimum Gasteiger partial charge on any atom is -0.367 e. The molecule has 4 nitrogen and oxygen atoms in total. The van der Waals surface area contributed by atoms with Gasteiger partial charge in [-0.15, -0.1) is 0 Å². The van der Waals surface area contributed by atoms with Crippen LogP contribution in [0.2, 0.25) is 0 Å². The molecule has 1 aromatic carbocycles. The van der Waals surface area contributed by atoms with Crippen molar-refractivity contribution in [1.82, 2.24) is 9.80 Å². The molecule has 0 N–H and O–H groups in total. The lowest BCUT2D eigenvalue weighted by Crippen LogP contribution is -2.56. The summed E-state index contributed by atoms with van der Waals surface area (Å²) in [5.41, 5.74) is 0.709. The SMILES string of the molecule is CCCC(=O)N1CCC[C@@H](N2CCN(c3ccccc3F)CC2)C1. The number of likely N-dealkylation sites (tertiary alicyclic amines) is 1. The maximum atomic E-state index is 13.9. The minimum atomic E-state index is -0.139. The van der Waals surface area contributed by atoms with Crippen LogP contribution in [0.1, 0.15) is 32.6 Å². The van der Waals surface area contributed by atoms with E-state index in [1.54, 1.807) is 6.07 Å². The van der Waals surface area contributed by atoms with Gasteiger partial charge in [-0.2, -0.15) is 0 Å². The van der Waals surface area contributed by atoms with Gasteiger partial charge in [-0.05, 0) is 31.4 Å². The highest BCUT2D eigenvalue weighted by Gasteiger charge is 2.30. The van der Waals surface area contributed by atoms with Gasteiger partial charge in [0, 0.05) is 51.7 Å². The molecule has 2 heterocycles. The molecule has 0 bridgehead atoms. The van der Waals surface area contributed by atoms with Crippen LogP contribution in [0.15, 0.2) is 24.3 Å². The van der Waals surface area contributed by atoms with Gasteiger partial charge in [0.15, 0.2) is 0 Å². The highest BCUT2D eigenvalue weighted by atomic mass is 19.1. The number of piperazine rings is 1. The fourth-order valence-electron chi connectivity index (χ4n) is 3.89. The monoisotopic (exact) mass is 333 g/mol. The standard InChI is InChI=1S/C19H28FN3O/c1-2-6-19(24)23-10-5-7-16(15-23)21-11-13-22(14-12-21)18-9-4-3-8-17(18)20/h3-4,8-9,16H,2,5-7,10-15H2,1H3/t16-/m1/s1. The van der Waals surface area contributed by atoms with Gasteiger partial charge in [0.05, 0.1) is 5.69 Å². The maximum Gasteiger partial charge on any atom is 0.222 e. The van der Waals surface area contributed by atoms with Crippen LogP contribution in [-0.2, 0) is 4.79 Å². The van der Waals surface area contributed by atoms with Gasteiger partial charge in [-0.25, -0.2) is 4.39 Å². The molecule has 3 rings (SSSR count). The molecule has 0 aromatic heterocycles. The first-order valence-electron chi connectivity index (χ1n) is 9.20. The van der Waals surface area contributed by atoms with Crippen LogP contribution in [0.4, 0.5) is 10.1 Å². The fraction of sp³-hybridized carbons (Fsp3) is 0.632. The third-order valence-corrected chi connectivity index (χ3v) is 5.24. The van der Waals surface area contributed by atoms with Crippen molar-refractivity contribution < 1.29 is 9.18 Å². The van der Waals surface area contributed by atoms with Crippen molar-refractivity contribution >= 4 is 11.6 Å². The molecular formula is C19H28FN3O. The lowest BCUT2D eigenvalue weighted by molar-refractivity contribution is -0.133. The highest BCUT2D eigenvalue weighted by molar-refractivity contribution is 5.76. The molecule has 2 saturated heterocycles. The topological polar surface area (TPSA) is 26.8 Å². The third kappa shape index (κ3) is 3.89. The molecule has 0 unspecified atom stereocenters. The summed E-state index contributed by atoms with van der Waals surface area (Å²) in [6.07, 6.45) is 3.83. The molecule has 24 heavy (non-hydrogen) atoms. The molecule has 1 aromatic rings. The zero-order valence-corrected chi connectivity index (χ0v) is 14.6. The number of hydrogen-bond donors (Lipinski definition) is 0. The minimum absolute atomic E-state index is 0.139. The van der Waals surface area contributed by atoms with Gasteiger partial charge in [-0.1, -0.05) is 19.1 Å². The summed E-state index contributed by atoms with van der Waals surface area (Å²) < 4.78 is 13.9. The number of rotatable bonds is 4. The summed E-state index contributed by atoms with van der Waals surface area (Å²) in [6, 6.07) is 7.47. The Morgan fingerprint density at radius 2 is 1.92 bits per heavy atom. The molecule has 1 atom stereocenters. The molecule has 2 aliphatic rings. The molecule has 0 radical (unpaired) electrons. The predicted molar refractivity (Wildman–Crippen MR) is 94.7 cm³/mol. The van der Waals surface area contributed by atoms with E-state index >= 15 is 0 Å². The van der Waals surface area contributed by atoms with Crippen LogP contribution in [0.25, 0.3) is 0 Å². The molecule has 0 spiro atoms. The number of nitrogens with zero attached hydrogens (tertiary/aromatic N) is 3. The number of halogens is 1. The zero-order valence-electron chi connectivity index (χ0n) is 14.6. The summed E-state index contributed by atoms with van der Waals surface area (Å²) >= 11 is 0. The number of carbonyl (C=O) groups is 1. The number of para-hydroxylation sites is 1. The van der Waals surface area contributed by atoms with Crippen molar-refractivity contribution in [2.75, 3.05) is 44.2 Å². The summed E-state index contributed by atoms with van der Waals surface area (Å²) in [5.74, 6) is 0.159. The van der Waals surface area contributed by atoms with Crippen molar-refractivity contribution in [3.8, 4) is 0 Å². The first-order valence-corrected chi connectivity index (χ1v) is 9.20. The second-order valence-corrected chi connectivity index (χ2v) is 6.86. The van der Waals surface area contributed by atoms with E-state index in [0.29, 0.717) is 24.1 Å².